The van der Waals surface area contributed by atoms with Crippen molar-refractivity contribution in [3.8, 4) is 0 Å². The van der Waals surface area contributed by atoms with Crippen molar-refractivity contribution in [1.82, 2.24) is 4.90 Å². The molecule has 2 heteroatoms. The van der Waals surface area contributed by atoms with Gasteiger partial charge in [-0.05, 0) is 17.8 Å². The first-order valence-corrected chi connectivity index (χ1v) is 5.18. The molecule has 2 atom stereocenters. The zero-order valence-corrected chi connectivity index (χ0v) is 9.42. The molecule has 2 unspecified atom stereocenters. The Morgan fingerprint density at radius 3 is 2.46 bits per heavy atom. The van der Waals surface area contributed by atoms with E-state index >= 15 is 0 Å². The molecule has 0 aromatic carbocycles. The van der Waals surface area contributed by atoms with E-state index in [4.69, 9.17) is 0 Å². The van der Waals surface area contributed by atoms with Crippen LogP contribution in [-0.2, 0) is 4.79 Å². The summed E-state index contributed by atoms with van der Waals surface area (Å²) in [5, 5.41) is 0. The third-order valence-electron chi connectivity index (χ3n) is 3.78. The minimum Gasteiger partial charge on any atom is -0.345 e. The summed E-state index contributed by atoms with van der Waals surface area (Å²) in [6.45, 7) is 9.71. The molecular weight excluding hydrogens is 162 g/mol. The van der Waals surface area contributed by atoms with Crippen LogP contribution in [0.2, 0.25) is 0 Å². The number of hydrogen-bond donors (Lipinski definition) is 0. The molecule has 2 nitrogen and oxygen atoms in total. The fraction of sp³-hybridized carbons (Fsp3) is 0.909. The molecule has 0 saturated carbocycles. The van der Waals surface area contributed by atoms with Crippen LogP contribution in [0, 0.1) is 17.3 Å². The van der Waals surface area contributed by atoms with Gasteiger partial charge < -0.3 is 4.90 Å². The Hall–Kier alpha value is -0.530. The molecule has 1 aliphatic heterocycles. The third-order valence-corrected chi connectivity index (χ3v) is 3.78. The van der Waals surface area contributed by atoms with Crippen LogP contribution in [0.3, 0.4) is 0 Å². The summed E-state index contributed by atoms with van der Waals surface area (Å²) in [5.74, 6) is 1.14. The van der Waals surface area contributed by atoms with Crippen LogP contribution in [0.1, 0.15) is 34.1 Å². The first kappa shape index (κ1) is 10.6. The van der Waals surface area contributed by atoms with Crippen LogP contribution in [0.5, 0.6) is 0 Å². The molecule has 0 aromatic rings. The predicted molar refractivity (Wildman–Crippen MR) is 54.4 cm³/mol. The molecule has 76 valence electrons. The van der Waals surface area contributed by atoms with E-state index in [-0.39, 0.29) is 11.3 Å². The monoisotopic (exact) mass is 183 g/mol. The van der Waals surface area contributed by atoms with Crippen LogP contribution in [0.25, 0.3) is 0 Å². The minimum absolute atomic E-state index is 0.181. The van der Waals surface area contributed by atoms with Crippen LogP contribution >= 0.6 is 0 Å². The number of likely N-dealkylation sites (tertiary alicyclic amines) is 1. The molecule has 0 aliphatic carbocycles. The van der Waals surface area contributed by atoms with E-state index in [1.807, 2.05) is 11.9 Å². The molecule has 1 saturated heterocycles. The third kappa shape index (κ3) is 1.47. The molecule has 0 spiro atoms. The quantitative estimate of drug-likeness (QED) is 0.642. The van der Waals surface area contributed by atoms with Crippen LogP contribution in [0.4, 0.5) is 0 Å². The Kier molecular flexibility index (Phi) is 2.69. The zero-order chi connectivity index (χ0) is 10.2. The van der Waals surface area contributed by atoms with Crippen molar-refractivity contribution in [2.24, 2.45) is 17.3 Å². The lowest BCUT2D eigenvalue weighted by Crippen LogP contribution is -2.32. The van der Waals surface area contributed by atoms with Gasteiger partial charge in [0.15, 0.2) is 0 Å². The van der Waals surface area contributed by atoms with Gasteiger partial charge in [0.25, 0.3) is 0 Å². The molecule has 1 amide bonds. The van der Waals surface area contributed by atoms with Gasteiger partial charge >= 0.3 is 0 Å². The first-order chi connectivity index (χ1) is 5.93. The summed E-state index contributed by atoms with van der Waals surface area (Å²) in [4.78, 5) is 13.7. The Balaban J connectivity index is 2.93. The number of carbonyl (C=O) groups is 1. The summed E-state index contributed by atoms with van der Waals surface area (Å²) in [6.07, 6.45) is 0.970. The highest BCUT2D eigenvalue weighted by molar-refractivity contribution is 5.81. The summed E-state index contributed by atoms with van der Waals surface area (Å²) < 4.78 is 0. The van der Waals surface area contributed by atoms with Gasteiger partial charge in [-0.15, -0.1) is 0 Å². The highest BCUT2D eigenvalue weighted by atomic mass is 16.2. The summed E-state index contributed by atoms with van der Waals surface area (Å²) in [7, 11) is 1.92. The smallest absolute Gasteiger partial charge is 0.226 e. The van der Waals surface area contributed by atoms with Crippen molar-refractivity contribution in [2.45, 2.75) is 34.1 Å². The second-order valence-electron chi connectivity index (χ2n) is 4.82. The predicted octanol–water partition coefficient (Wildman–Crippen LogP) is 2.15. The maximum absolute atomic E-state index is 11.8. The van der Waals surface area contributed by atoms with Gasteiger partial charge in [0.2, 0.25) is 5.91 Å². The highest BCUT2D eigenvalue weighted by Gasteiger charge is 2.48. The lowest BCUT2D eigenvalue weighted by molar-refractivity contribution is -0.130. The van der Waals surface area contributed by atoms with Crippen molar-refractivity contribution in [3.05, 3.63) is 0 Å². The number of carbonyl (C=O) groups excluding carboxylic acids is 1. The van der Waals surface area contributed by atoms with E-state index in [1.165, 1.54) is 0 Å². The molecule has 1 aliphatic rings. The largest absolute Gasteiger partial charge is 0.345 e. The Morgan fingerprint density at radius 1 is 1.62 bits per heavy atom. The van der Waals surface area contributed by atoms with Crippen molar-refractivity contribution >= 4 is 5.91 Å². The summed E-state index contributed by atoms with van der Waals surface area (Å²) in [6, 6.07) is 0. The van der Waals surface area contributed by atoms with Crippen molar-refractivity contribution < 1.29 is 4.79 Å². The van der Waals surface area contributed by atoms with E-state index in [9.17, 15) is 4.79 Å². The van der Waals surface area contributed by atoms with E-state index in [0.29, 0.717) is 11.8 Å². The van der Waals surface area contributed by atoms with Gasteiger partial charge in [-0.1, -0.05) is 27.7 Å². The van der Waals surface area contributed by atoms with Gasteiger partial charge in [0.05, 0.1) is 0 Å². The second kappa shape index (κ2) is 3.32. The molecule has 0 radical (unpaired) electrons. The lowest BCUT2D eigenvalue weighted by atomic mass is 9.70. The Labute approximate surface area is 81.3 Å². The number of amides is 1. The molecule has 1 rings (SSSR count). The van der Waals surface area contributed by atoms with Gasteiger partial charge in [0, 0.05) is 19.5 Å². The highest BCUT2D eigenvalue weighted by Crippen LogP contribution is 2.43. The lowest BCUT2D eigenvalue weighted by Gasteiger charge is -2.32. The minimum atomic E-state index is 0.181. The molecular formula is C11H21NO. The average Bonchev–Trinajstić information content (AvgIpc) is 2.25. The first-order valence-electron chi connectivity index (χ1n) is 5.18. The molecule has 1 heterocycles. The summed E-state index contributed by atoms with van der Waals surface area (Å²) in [5.41, 5.74) is 0.181. The maximum Gasteiger partial charge on any atom is 0.226 e. The Bertz CT molecular complexity index is 212. The van der Waals surface area contributed by atoms with Gasteiger partial charge in [-0.25, -0.2) is 0 Å². The molecule has 0 bridgehead atoms. The second-order valence-corrected chi connectivity index (χ2v) is 4.82. The van der Waals surface area contributed by atoms with Crippen LogP contribution < -0.4 is 0 Å². The fourth-order valence-corrected chi connectivity index (χ4v) is 2.47. The van der Waals surface area contributed by atoms with Gasteiger partial charge in [-0.3, -0.25) is 4.79 Å². The van der Waals surface area contributed by atoms with Crippen LogP contribution in [0.15, 0.2) is 0 Å². The number of hydrogen-bond acceptors (Lipinski definition) is 1. The van der Waals surface area contributed by atoms with E-state index in [0.717, 1.165) is 13.0 Å². The maximum atomic E-state index is 11.8. The normalized spacial score (nSPS) is 34.8. The van der Waals surface area contributed by atoms with Crippen molar-refractivity contribution in [2.75, 3.05) is 13.6 Å². The van der Waals surface area contributed by atoms with E-state index < -0.39 is 0 Å². The molecule has 0 aromatic heterocycles. The SMILES string of the molecule is CCC1C(=O)N(C)CC1(C)C(C)C. The van der Waals surface area contributed by atoms with E-state index in [2.05, 4.69) is 27.7 Å². The van der Waals surface area contributed by atoms with Gasteiger partial charge in [0.1, 0.15) is 0 Å². The van der Waals surface area contributed by atoms with Crippen molar-refractivity contribution in [3.63, 3.8) is 0 Å². The molecule has 1 fully saturated rings. The van der Waals surface area contributed by atoms with Gasteiger partial charge in [-0.2, -0.15) is 0 Å². The Morgan fingerprint density at radius 2 is 2.15 bits per heavy atom. The molecule has 13 heavy (non-hydrogen) atoms. The average molecular weight is 183 g/mol. The van der Waals surface area contributed by atoms with Crippen LogP contribution in [-0.4, -0.2) is 24.4 Å². The summed E-state index contributed by atoms with van der Waals surface area (Å²) >= 11 is 0. The fourth-order valence-electron chi connectivity index (χ4n) is 2.47. The van der Waals surface area contributed by atoms with Crippen molar-refractivity contribution in [1.29, 1.82) is 0 Å². The number of nitrogens with zero attached hydrogens (tertiary/aromatic N) is 1. The standard InChI is InChI=1S/C11H21NO/c1-6-9-10(13)12(5)7-11(9,4)8(2)3/h8-9H,6-7H2,1-5H3. The number of rotatable bonds is 2. The van der Waals surface area contributed by atoms with E-state index in [1.54, 1.807) is 0 Å². The molecule has 0 N–H and O–H groups in total. The topological polar surface area (TPSA) is 20.3 Å². The zero-order valence-electron chi connectivity index (χ0n) is 9.42.